The van der Waals surface area contributed by atoms with Gasteiger partial charge in [-0.15, -0.1) is 10.2 Å². The summed E-state index contributed by atoms with van der Waals surface area (Å²) in [5.74, 6) is 0.624. The summed E-state index contributed by atoms with van der Waals surface area (Å²) in [6.45, 7) is 0. The molecule has 1 aromatic carbocycles. The van der Waals surface area contributed by atoms with Gasteiger partial charge in [-0.2, -0.15) is 0 Å². The number of rotatable bonds is 6. The van der Waals surface area contributed by atoms with Crippen molar-refractivity contribution in [1.82, 2.24) is 14.8 Å². The summed E-state index contributed by atoms with van der Waals surface area (Å²) in [5.41, 5.74) is 8.20. The summed E-state index contributed by atoms with van der Waals surface area (Å²) < 4.78 is 2.25. The Hall–Kier alpha value is -1.82. The van der Waals surface area contributed by atoms with Crippen molar-refractivity contribution in [2.45, 2.75) is 61.4 Å². The third kappa shape index (κ3) is 3.20. The van der Waals surface area contributed by atoms with Gasteiger partial charge < -0.3 is 10.3 Å². The van der Waals surface area contributed by atoms with Crippen LogP contribution in [0.4, 0.5) is 0 Å². The third-order valence-corrected chi connectivity index (χ3v) is 6.07. The van der Waals surface area contributed by atoms with Gasteiger partial charge in [0.05, 0.1) is 0 Å². The predicted octanol–water partition coefficient (Wildman–Crippen LogP) is 3.20. The molecule has 4 rings (SSSR count). The van der Waals surface area contributed by atoms with Gasteiger partial charge in [0.15, 0.2) is 5.16 Å². The fourth-order valence-corrected chi connectivity index (χ4v) is 4.80. The smallest absolute Gasteiger partial charge is 0.217 e. The summed E-state index contributed by atoms with van der Waals surface area (Å²) in [5, 5.41) is 10.2. The van der Waals surface area contributed by atoms with Crippen molar-refractivity contribution in [3.8, 4) is 0 Å². The van der Waals surface area contributed by atoms with Gasteiger partial charge in [0.1, 0.15) is 5.82 Å². The van der Waals surface area contributed by atoms with Gasteiger partial charge in [-0.1, -0.05) is 36.0 Å². The van der Waals surface area contributed by atoms with E-state index in [-0.39, 0.29) is 5.91 Å². The molecule has 126 valence electrons. The molecule has 1 fully saturated rings. The average Bonchev–Trinajstić information content (AvgIpc) is 3.35. The van der Waals surface area contributed by atoms with E-state index in [1.54, 1.807) is 0 Å². The van der Waals surface area contributed by atoms with Gasteiger partial charge in [0.25, 0.3) is 0 Å². The lowest BCUT2D eigenvalue weighted by atomic mass is 9.91. The highest BCUT2D eigenvalue weighted by Crippen LogP contribution is 2.46. The summed E-state index contributed by atoms with van der Waals surface area (Å²) in [6.07, 6.45) is 6.85. The molecule has 2 aliphatic carbocycles. The second-order valence-corrected chi connectivity index (χ2v) is 7.83. The Bertz CT molecular complexity index is 753. The number of fused-ring (bicyclic) bond motifs is 1. The lowest BCUT2D eigenvalue weighted by Crippen LogP contribution is -2.13. The van der Waals surface area contributed by atoms with E-state index >= 15 is 0 Å². The largest absolute Gasteiger partial charge is 0.370 e. The Morgan fingerprint density at radius 2 is 2.08 bits per heavy atom. The molecular weight excluding hydrogens is 320 g/mol. The molecule has 2 aliphatic rings. The first-order valence-electron chi connectivity index (χ1n) is 8.69. The molecule has 1 heterocycles. The average molecular weight is 342 g/mol. The molecule has 0 saturated heterocycles. The van der Waals surface area contributed by atoms with Gasteiger partial charge >= 0.3 is 0 Å². The number of nitrogens with two attached hydrogens (primary N) is 1. The van der Waals surface area contributed by atoms with E-state index < -0.39 is 0 Å². The molecule has 5 nitrogen and oxygen atoms in total. The van der Waals surface area contributed by atoms with E-state index in [2.05, 4.69) is 39.0 Å². The van der Waals surface area contributed by atoms with Crippen molar-refractivity contribution < 1.29 is 4.79 Å². The maximum absolute atomic E-state index is 11.1. The van der Waals surface area contributed by atoms with Crippen molar-refractivity contribution in [2.24, 2.45) is 5.73 Å². The Balaban J connectivity index is 1.58. The highest BCUT2D eigenvalue weighted by atomic mass is 32.2. The number of amides is 1. The standard InChI is InChI=1S/C18H22N4OS/c19-16(23)10-11-17-20-21-18(22(17)13-8-9-13)24-15-7-3-5-12-4-1-2-6-14(12)15/h1-2,4,6,13,15H,3,5,7-11H2,(H2,19,23). The highest BCUT2D eigenvalue weighted by Gasteiger charge is 2.31. The van der Waals surface area contributed by atoms with E-state index in [9.17, 15) is 4.79 Å². The van der Waals surface area contributed by atoms with E-state index in [4.69, 9.17) is 5.73 Å². The molecule has 6 heteroatoms. The molecule has 0 bridgehead atoms. The highest BCUT2D eigenvalue weighted by molar-refractivity contribution is 7.99. The van der Waals surface area contributed by atoms with Crippen molar-refractivity contribution in [3.63, 3.8) is 0 Å². The monoisotopic (exact) mass is 342 g/mol. The molecule has 24 heavy (non-hydrogen) atoms. The van der Waals surface area contributed by atoms with Crippen molar-refractivity contribution in [3.05, 3.63) is 41.2 Å². The minimum atomic E-state index is -0.282. The fraction of sp³-hybridized carbons (Fsp3) is 0.500. The number of carbonyl (C=O) groups is 1. The van der Waals surface area contributed by atoms with Gasteiger partial charge in [-0.05, 0) is 43.2 Å². The molecule has 0 spiro atoms. The number of aryl methyl sites for hydroxylation is 2. The van der Waals surface area contributed by atoms with Crippen LogP contribution in [0.1, 0.15) is 60.3 Å². The summed E-state index contributed by atoms with van der Waals surface area (Å²) in [6, 6.07) is 9.25. The number of aromatic nitrogens is 3. The quantitative estimate of drug-likeness (QED) is 0.875. The number of thioether (sulfide) groups is 1. The van der Waals surface area contributed by atoms with Crippen molar-refractivity contribution in [1.29, 1.82) is 0 Å². The van der Waals surface area contributed by atoms with E-state index in [0.29, 0.717) is 24.1 Å². The number of primary amides is 1. The van der Waals surface area contributed by atoms with Crippen LogP contribution in [0.2, 0.25) is 0 Å². The van der Waals surface area contributed by atoms with Gasteiger partial charge in [-0.25, -0.2) is 0 Å². The third-order valence-electron chi connectivity index (χ3n) is 4.80. The van der Waals surface area contributed by atoms with Crippen LogP contribution >= 0.6 is 11.8 Å². The Morgan fingerprint density at radius 3 is 2.88 bits per heavy atom. The van der Waals surface area contributed by atoms with Crippen LogP contribution in [-0.2, 0) is 17.6 Å². The molecule has 2 N–H and O–H groups in total. The van der Waals surface area contributed by atoms with E-state index in [0.717, 1.165) is 11.0 Å². The van der Waals surface area contributed by atoms with Gasteiger partial charge in [-0.3, -0.25) is 4.79 Å². The number of hydrogen-bond donors (Lipinski definition) is 1. The maximum Gasteiger partial charge on any atom is 0.217 e. The zero-order valence-corrected chi connectivity index (χ0v) is 14.5. The molecule has 0 aliphatic heterocycles. The molecule has 1 atom stereocenters. The molecule has 1 aromatic heterocycles. The SMILES string of the molecule is NC(=O)CCc1nnc(SC2CCCc3ccccc32)n1C1CC1. The van der Waals surface area contributed by atoms with Crippen LogP contribution in [0.3, 0.4) is 0 Å². The zero-order valence-electron chi connectivity index (χ0n) is 13.6. The lowest BCUT2D eigenvalue weighted by Gasteiger charge is -2.24. The topological polar surface area (TPSA) is 73.8 Å². The molecule has 1 unspecified atom stereocenters. The summed E-state index contributed by atoms with van der Waals surface area (Å²) in [7, 11) is 0. The van der Waals surface area contributed by atoms with E-state index in [1.807, 2.05) is 11.8 Å². The van der Waals surface area contributed by atoms with Crippen LogP contribution in [-0.4, -0.2) is 20.7 Å². The Morgan fingerprint density at radius 1 is 1.25 bits per heavy atom. The summed E-state index contributed by atoms with van der Waals surface area (Å²) in [4.78, 5) is 11.1. The second kappa shape index (κ2) is 6.59. The maximum atomic E-state index is 11.1. The molecular formula is C18H22N4OS. The molecule has 1 amide bonds. The van der Waals surface area contributed by atoms with Gasteiger partial charge in [0.2, 0.25) is 5.91 Å². The van der Waals surface area contributed by atoms with E-state index in [1.165, 1.54) is 43.2 Å². The second-order valence-electron chi connectivity index (χ2n) is 6.66. The molecule has 1 saturated carbocycles. The first-order valence-corrected chi connectivity index (χ1v) is 9.57. The number of nitrogens with zero attached hydrogens (tertiary/aromatic N) is 3. The van der Waals surface area contributed by atoms with Crippen LogP contribution in [0.5, 0.6) is 0 Å². The normalized spacial score (nSPS) is 19.9. The molecule has 2 aromatic rings. The zero-order chi connectivity index (χ0) is 16.5. The lowest BCUT2D eigenvalue weighted by molar-refractivity contribution is -0.118. The number of hydrogen-bond acceptors (Lipinski definition) is 4. The van der Waals surface area contributed by atoms with Gasteiger partial charge in [0, 0.05) is 24.1 Å². The summed E-state index contributed by atoms with van der Waals surface area (Å²) >= 11 is 1.83. The number of benzene rings is 1. The van der Waals surface area contributed by atoms with Crippen LogP contribution in [0.15, 0.2) is 29.4 Å². The molecule has 0 radical (unpaired) electrons. The Kier molecular flexibility index (Phi) is 4.31. The number of carbonyl (C=O) groups excluding carboxylic acids is 1. The van der Waals surface area contributed by atoms with Crippen molar-refractivity contribution in [2.75, 3.05) is 0 Å². The van der Waals surface area contributed by atoms with Crippen molar-refractivity contribution >= 4 is 17.7 Å². The van der Waals surface area contributed by atoms with Crippen LogP contribution in [0, 0.1) is 0 Å². The predicted molar refractivity (Wildman–Crippen MR) is 93.8 cm³/mol. The van der Waals surface area contributed by atoms with Crippen LogP contribution < -0.4 is 5.73 Å². The Labute approximate surface area is 146 Å². The minimum Gasteiger partial charge on any atom is -0.370 e. The first-order chi connectivity index (χ1) is 11.7. The fourth-order valence-electron chi connectivity index (χ4n) is 3.45. The van der Waals surface area contributed by atoms with Crippen LogP contribution in [0.25, 0.3) is 0 Å². The first kappa shape index (κ1) is 15.7. The minimum absolute atomic E-state index is 0.282.